The first kappa shape index (κ1) is 15.3. The Morgan fingerprint density at radius 2 is 2.00 bits per heavy atom. The van der Waals surface area contributed by atoms with Gasteiger partial charge in [-0.1, -0.05) is 59.1 Å². The summed E-state index contributed by atoms with van der Waals surface area (Å²) in [6, 6.07) is 8.19. The third-order valence-corrected chi connectivity index (χ3v) is 4.20. The van der Waals surface area contributed by atoms with Gasteiger partial charge in [0.25, 0.3) is 0 Å². The molecule has 2 aromatic rings. The lowest BCUT2D eigenvalue weighted by molar-refractivity contribution is 0.841. The van der Waals surface area contributed by atoms with Gasteiger partial charge < -0.3 is 4.90 Å². The van der Waals surface area contributed by atoms with Crippen LogP contribution in [0, 0.1) is 0 Å². The normalized spacial score (nSPS) is 10.6. The number of hydrogen-bond donors (Lipinski definition) is 0. The Kier molecular flexibility index (Phi) is 5.38. The average molecular weight is 355 g/mol. The van der Waals surface area contributed by atoms with Crippen molar-refractivity contribution in [2.24, 2.45) is 0 Å². The van der Waals surface area contributed by atoms with E-state index in [0.29, 0.717) is 5.15 Å². The SMILES string of the molecule is CCCc1c(Cl)ncnc1N(C)Cc1ccccc1Br. The molecule has 0 aliphatic carbocycles. The Bertz CT molecular complexity index is 589. The van der Waals surface area contributed by atoms with Gasteiger partial charge in [0, 0.05) is 23.6 Å². The highest BCUT2D eigenvalue weighted by Gasteiger charge is 2.14. The Balaban J connectivity index is 2.27. The van der Waals surface area contributed by atoms with Gasteiger partial charge in [0.1, 0.15) is 17.3 Å². The molecule has 0 saturated heterocycles. The predicted molar refractivity (Wildman–Crippen MR) is 87.3 cm³/mol. The first-order valence-corrected chi connectivity index (χ1v) is 7.74. The molecule has 0 spiro atoms. The summed E-state index contributed by atoms with van der Waals surface area (Å²) in [5, 5.41) is 0.552. The van der Waals surface area contributed by atoms with Crippen molar-refractivity contribution in [3.05, 3.63) is 51.3 Å². The second-order valence-electron chi connectivity index (χ2n) is 4.66. The van der Waals surface area contributed by atoms with Gasteiger partial charge in [0.2, 0.25) is 0 Å². The minimum atomic E-state index is 0.552. The minimum absolute atomic E-state index is 0.552. The van der Waals surface area contributed by atoms with Gasteiger partial charge in [-0.25, -0.2) is 9.97 Å². The van der Waals surface area contributed by atoms with Crippen LogP contribution in [0.3, 0.4) is 0 Å². The van der Waals surface area contributed by atoms with Crippen molar-refractivity contribution >= 4 is 33.3 Å². The smallest absolute Gasteiger partial charge is 0.137 e. The molecule has 0 aliphatic rings. The zero-order valence-corrected chi connectivity index (χ0v) is 13.9. The molecule has 5 heteroatoms. The van der Waals surface area contributed by atoms with Crippen LogP contribution in [-0.4, -0.2) is 17.0 Å². The van der Waals surface area contributed by atoms with Crippen LogP contribution in [0.15, 0.2) is 35.1 Å². The van der Waals surface area contributed by atoms with Crippen LogP contribution in [0.5, 0.6) is 0 Å². The van der Waals surface area contributed by atoms with E-state index in [9.17, 15) is 0 Å². The van der Waals surface area contributed by atoms with E-state index < -0.39 is 0 Å². The summed E-state index contributed by atoms with van der Waals surface area (Å²) in [5.41, 5.74) is 2.23. The van der Waals surface area contributed by atoms with Crippen molar-refractivity contribution in [3.8, 4) is 0 Å². The summed E-state index contributed by atoms with van der Waals surface area (Å²) in [6.07, 6.45) is 3.42. The van der Waals surface area contributed by atoms with E-state index in [0.717, 1.165) is 35.2 Å². The molecule has 0 radical (unpaired) electrons. The van der Waals surface area contributed by atoms with Gasteiger partial charge in [-0.05, 0) is 18.1 Å². The first-order valence-electron chi connectivity index (χ1n) is 6.57. The van der Waals surface area contributed by atoms with Crippen molar-refractivity contribution < 1.29 is 0 Å². The molecule has 1 aromatic heterocycles. The molecule has 3 nitrogen and oxygen atoms in total. The molecule has 0 amide bonds. The molecule has 0 N–H and O–H groups in total. The summed E-state index contributed by atoms with van der Waals surface area (Å²) in [7, 11) is 2.03. The second-order valence-corrected chi connectivity index (χ2v) is 5.88. The van der Waals surface area contributed by atoms with Crippen molar-refractivity contribution in [2.45, 2.75) is 26.3 Å². The molecule has 0 fully saturated rings. The molecule has 1 aromatic carbocycles. The fourth-order valence-electron chi connectivity index (χ4n) is 2.13. The lowest BCUT2D eigenvalue weighted by atomic mass is 10.1. The summed E-state index contributed by atoms with van der Waals surface area (Å²) in [4.78, 5) is 10.6. The minimum Gasteiger partial charge on any atom is -0.355 e. The maximum Gasteiger partial charge on any atom is 0.137 e. The topological polar surface area (TPSA) is 29.0 Å². The highest BCUT2D eigenvalue weighted by molar-refractivity contribution is 9.10. The monoisotopic (exact) mass is 353 g/mol. The molecular weight excluding hydrogens is 338 g/mol. The third kappa shape index (κ3) is 3.49. The lowest BCUT2D eigenvalue weighted by Crippen LogP contribution is -2.20. The van der Waals surface area contributed by atoms with Crippen molar-refractivity contribution in [1.29, 1.82) is 0 Å². The van der Waals surface area contributed by atoms with Crippen LogP contribution in [0.2, 0.25) is 5.15 Å². The molecule has 0 saturated carbocycles. The van der Waals surface area contributed by atoms with E-state index >= 15 is 0 Å². The number of rotatable bonds is 5. The molecule has 0 bridgehead atoms. The van der Waals surface area contributed by atoms with Gasteiger partial charge >= 0.3 is 0 Å². The Labute approximate surface area is 133 Å². The second kappa shape index (κ2) is 7.04. The van der Waals surface area contributed by atoms with Crippen molar-refractivity contribution in [3.63, 3.8) is 0 Å². The van der Waals surface area contributed by atoms with Gasteiger partial charge in [-0.2, -0.15) is 0 Å². The van der Waals surface area contributed by atoms with Gasteiger partial charge in [0.15, 0.2) is 0 Å². The molecule has 0 unspecified atom stereocenters. The Morgan fingerprint density at radius 3 is 2.70 bits per heavy atom. The maximum absolute atomic E-state index is 6.20. The molecule has 0 atom stereocenters. The first-order chi connectivity index (χ1) is 9.63. The van der Waals surface area contributed by atoms with E-state index in [1.54, 1.807) is 0 Å². The van der Waals surface area contributed by atoms with E-state index in [4.69, 9.17) is 11.6 Å². The van der Waals surface area contributed by atoms with Crippen LogP contribution in [0.4, 0.5) is 5.82 Å². The lowest BCUT2D eigenvalue weighted by Gasteiger charge is -2.22. The van der Waals surface area contributed by atoms with Crippen LogP contribution in [0.1, 0.15) is 24.5 Å². The molecule has 1 heterocycles. The summed E-state index contributed by atoms with van der Waals surface area (Å²) in [5.74, 6) is 0.905. The number of aromatic nitrogens is 2. The van der Waals surface area contributed by atoms with Crippen LogP contribution < -0.4 is 4.90 Å². The summed E-state index contributed by atoms with van der Waals surface area (Å²) in [6.45, 7) is 2.90. The summed E-state index contributed by atoms with van der Waals surface area (Å²) < 4.78 is 1.10. The van der Waals surface area contributed by atoms with Crippen LogP contribution >= 0.6 is 27.5 Å². The highest BCUT2D eigenvalue weighted by Crippen LogP contribution is 2.26. The fourth-order valence-corrected chi connectivity index (χ4v) is 2.77. The van der Waals surface area contributed by atoms with E-state index in [1.807, 2.05) is 25.2 Å². The van der Waals surface area contributed by atoms with E-state index in [2.05, 4.69) is 43.8 Å². The number of hydrogen-bond acceptors (Lipinski definition) is 3. The molecular formula is C15H17BrClN3. The van der Waals surface area contributed by atoms with Gasteiger partial charge in [-0.15, -0.1) is 0 Å². The number of halogens is 2. The molecule has 0 aliphatic heterocycles. The van der Waals surface area contributed by atoms with Crippen molar-refractivity contribution in [1.82, 2.24) is 9.97 Å². The number of benzene rings is 1. The van der Waals surface area contributed by atoms with Gasteiger partial charge in [0.05, 0.1) is 0 Å². The molecule has 2 rings (SSSR count). The van der Waals surface area contributed by atoms with E-state index in [-0.39, 0.29) is 0 Å². The van der Waals surface area contributed by atoms with E-state index in [1.165, 1.54) is 11.9 Å². The molecule has 106 valence electrons. The maximum atomic E-state index is 6.20. The van der Waals surface area contributed by atoms with Gasteiger partial charge in [-0.3, -0.25) is 0 Å². The number of nitrogens with zero attached hydrogens (tertiary/aromatic N) is 3. The summed E-state index contributed by atoms with van der Waals surface area (Å²) >= 11 is 9.78. The predicted octanol–water partition coefficient (Wildman–Crippen LogP) is 4.48. The van der Waals surface area contributed by atoms with Crippen LogP contribution in [-0.2, 0) is 13.0 Å². The fraction of sp³-hybridized carbons (Fsp3) is 0.333. The highest BCUT2D eigenvalue weighted by atomic mass is 79.9. The largest absolute Gasteiger partial charge is 0.355 e. The average Bonchev–Trinajstić information content (AvgIpc) is 2.43. The Morgan fingerprint density at radius 1 is 1.25 bits per heavy atom. The third-order valence-electron chi connectivity index (χ3n) is 3.10. The van der Waals surface area contributed by atoms with Crippen molar-refractivity contribution in [2.75, 3.05) is 11.9 Å². The Hall–Kier alpha value is -1.13. The van der Waals surface area contributed by atoms with Crippen LogP contribution in [0.25, 0.3) is 0 Å². The number of anilines is 1. The zero-order valence-electron chi connectivity index (χ0n) is 11.6. The molecule has 20 heavy (non-hydrogen) atoms. The standard InChI is InChI=1S/C15H17BrClN3/c1-3-6-12-14(17)18-10-19-15(12)20(2)9-11-7-4-5-8-13(11)16/h4-5,7-8,10H,3,6,9H2,1-2H3. The zero-order chi connectivity index (χ0) is 14.5. The quantitative estimate of drug-likeness (QED) is 0.741.